The normalized spacial score (nSPS) is 27.8. The van der Waals surface area contributed by atoms with Crippen LogP contribution in [-0.2, 0) is 18.9 Å². The van der Waals surface area contributed by atoms with Crippen molar-refractivity contribution in [3.05, 3.63) is 0 Å². The summed E-state index contributed by atoms with van der Waals surface area (Å²) in [5.74, 6) is -3.33. The molecule has 0 amide bonds. The van der Waals surface area contributed by atoms with Crippen molar-refractivity contribution in [1.29, 1.82) is 0 Å². The number of carbonyl (C=O) groups excluding carboxylic acids is 3. The van der Waals surface area contributed by atoms with Crippen molar-refractivity contribution in [3.8, 4) is 0 Å². The monoisotopic (exact) mass is 190 g/mol. The van der Waals surface area contributed by atoms with Gasteiger partial charge >= 0.3 is 11.8 Å². The molecule has 13 heavy (non-hydrogen) atoms. The largest absolute Gasteiger partial charge is 0.588 e. The van der Waals surface area contributed by atoms with Crippen LogP contribution < -0.4 is 5.26 Å². The molecule has 0 aromatic heterocycles. The first-order valence-electron chi connectivity index (χ1n) is 3.32. The van der Waals surface area contributed by atoms with Gasteiger partial charge in [-0.25, -0.2) is 0 Å². The van der Waals surface area contributed by atoms with Crippen LogP contribution in [0.1, 0.15) is 0 Å². The Morgan fingerprint density at radius 3 is 2.62 bits per heavy atom. The van der Waals surface area contributed by atoms with Crippen LogP contribution >= 0.6 is 0 Å². The zero-order valence-electron chi connectivity index (χ0n) is 6.30. The maximum absolute atomic E-state index is 10.9. The van der Waals surface area contributed by atoms with Gasteiger partial charge in [-0.2, -0.15) is 0 Å². The van der Waals surface area contributed by atoms with Gasteiger partial charge in [0.05, 0.1) is 6.61 Å². The SMILES string of the molecule is O=C1C(=O)[C@@H]([C@@H](O)CO)OC1=[O+][O-]. The van der Waals surface area contributed by atoms with Crippen LogP contribution in [0.3, 0.4) is 0 Å². The molecule has 72 valence electrons. The second-order valence-electron chi connectivity index (χ2n) is 2.35. The maximum atomic E-state index is 10.9. The van der Waals surface area contributed by atoms with Crippen molar-refractivity contribution in [2.75, 3.05) is 6.61 Å². The van der Waals surface area contributed by atoms with Gasteiger partial charge in [0.25, 0.3) is 11.9 Å². The Kier molecular flexibility index (Phi) is 2.59. The summed E-state index contributed by atoms with van der Waals surface area (Å²) in [4.78, 5) is 21.6. The summed E-state index contributed by atoms with van der Waals surface area (Å²) >= 11 is 0. The van der Waals surface area contributed by atoms with Crippen LogP contribution in [0.2, 0.25) is 0 Å². The highest BCUT2D eigenvalue weighted by Crippen LogP contribution is 2.10. The van der Waals surface area contributed by atoms with E-state index >= 15 is 0 Å². The van der Waals surface area contributed by atoms with Gasteiger partial charge in [-0.3, -0.25) is 18.9 Å². The number of hydrogen-bond donors (Lipinski definition) is 2. The number of ether oxygens (including phenoxy) is 1. The molecular formula is C6H6O7. The van der Waals surface area contributed by atoms with E-state index in [0.29, 0.717) is 0 Å². The number of cyclic esters (lactones) is 1. The number of aliphatic hydroxyl groups excluding tert-OH is 2. The van der Waals surface area contributed by atoms with Gasteiger partial charge in [0, 0.05) is 0 Å². The molecule has 1 heterocycles. The molecule has 1 aliphatic rings. The molecule has 1 fully saturated rings. The quantitative estimate of drug-likeness (QED) is 0.151. The predicted octanol–water partition coefficient (Wildman–Crippen LogP) is -3.79. The van der Waals surface area contributed by atoms with Crippen LogP contribution in [0, 0.1) is 0 Å². The number of carbonyl (C=O) groups is 2. The minimum Gasteiger partial charge on any atom is -0.588 e. The molecule has 0 saturated carbocycles. The molecule has 2 N–H and O–H groups in total. The first-order valence-corrected chi connectivity index (χ1v) is 3.32. The van der Waals surface area contributed by atoms with Crippen LogP contribution in [0.5, 0.6) is 0 Å². The number of esters is 1. The van der Waals surface area contributed by atoms with E-state index in [1.807, 2.05) is 0 Å². The minimum atomic E-state index is -1.54. The molecule has 0 aliphatic carbocycles. The minimum absolute atomic E-state index is 0.754. The molecule has 0 unspecified atom stereocenters. The van der Waals surface area contributed by atoms with E-state index in [0.717, 1.165) is 0 Å². The Bertz CT molecular complexity index is 268. The molecule has 0 bridgehead atoms. The molecule has 0 radical (unpaired) electrons. The Morgan fingerprint density at radius 2 is 2.23 bits per heavy atom. The lowest BCUT2D eigenvalue weighted by atomic mass is 10.1. The average molecular weight is 190 g/mol. The van der Waals surface area contributed by atoms with E-state index in [2.05, 4.69) is 9.31 Å². The molecule has 7 heteroatoms. The number of Topliss-reactive ketones (excluding diaryl/α,β-unsaturated/α-hetero) is 2. The van der Waals surface area contributed by atoms with E-state index in [-0.39, 0.29) is 0 Å². The molecule has 2 atom stereocenters. The first-order chi connectivity index (χ1) is 6.11. The Labute approximate surface area is 71.8 Å². The van der Waals surface area contributed by atoms with Crippen molar-refractivity contribution in [1.82, 2.24) is 0 Å². The highest BCUT2D eigenvalue weighted by molar-refractivity contribution is 6.65. The number of ketones is 2. The summed E-state index contributed by atoms with van der Waals surface area (Å²) in [5, 5.41) is 27.1. The van der Waals surface area contributed by atoms with Crippen LogP contribution in [0.4, 0.5) is 0 Å². The lowest BCUT2D eigenvalue weighted by molar-refractivity contribution is -1.05. The first kappa shape index (κ1) is 9.62. The van der Waals surface area contributed by atoms with Gasteiger partial charge in [-0.05, 0) is 0 Å². The van der Waals surface area contributed by atoms with Gasteiger partial charge in [0.2, 0.25) is 0 Å². The molecule has 0 spiro atoms. The lowest BCUT2D eigenvalue weighted by Crippen LogP contribution is -2.35. The maximum Gasteiger partial charge on any atom is 0.579 e. The third kappa shape index (κ3) is 1.51. The van der Waals surface area contributed by atoms with Gasteiger partial charge in [-0.15, -0.1) is 0 Å². The van der Waals surface area contributed by atoms with Crippen LogP contribution in [0.15, 0.2) is 0 Å². The molecule has 1 aliphatic heterocycles. The van der Waals surface area contributed by atoms with Crippen molar-refractivity contribution >= 4 is 17.5 Å². The van der Waals surface area contributed by atoms with E-state index in [1.54, 1.807) is 0 Å². The topological polar surface area (TPSA) is 118 Å². The molecular weight excluding hydrogens is 184 g/mol. The summed E-state index contributed by atoms with van der Waals surface area (Å²) in [6.07, 6.45) is -3.08. The smallest absolute Gasteiger partial charge is 0.579 e. The van der Waals surface area contributed by atoms with Crippen molar-refractivity contribution in [2.24, 2.45) is 0 Å². The van der Waals surface area contributed by atoms with Gasteiger partial charge in [0.1, 0.15) is 6.10 Å². The van der Waals surface area contributed by atoms with Gasteiger partial charge in [-0.1, -0.05) is 0 Å². The summed E-state index contributed by atoms with van der Waals surface area (Å²) in [6.45, 7) is -0.754. The zero-order chi connectivity index (χ0) is 10.0. The van der Waals surface area contributed by atoms with Gasteiger partial charge in [0.15, 0.2) is 0 Å². The summed E-state index contributed by atoms with van der Waals surface area (Å²) in [5.41, 5.74) is 0. The standard InChI is InChI=1S/C6H6O7/c7-1-2(8)5-3(9)4(10)6(12-5)13-11/h2,5,7-8H,1H2/t2-,5+/m0/s1. The summed E-state index contributed by atoms with van der Waals surface area (Å²) in [7, 11) is 0. The molecule has 0 aromatic carbocycles. The lowest BCUT2D eigenvalue weighted by Gasteiger charge is -2.05. The number of rotatable bonds is 2. The second-order valence-corrected chi connectivity index (χ2v) is 2.35. The predicted molar refractivity (Wildman–Crippen MR) is 33.0 cm³/mol. The van der Waals surface area contributed by atoms with Crippen molar-refractivity contribution in [3.63, 3.8) is 0 Å². The molecule has 1 rings (SSSR count). The Balaban J connectivity index is 2.84. The summed E-state index contributed by atoms with van der Waals surface area (Å²) < 4.78 is 7.56. The van der Waals surface area contributed by atoms with E-state index in [1.165, 1.54) is 0 Å². The third-order valence-electron chi connectivity index (χ3n) is 1.51. The fourth-order valence-electron chi connectivity index (χ4n) is 0.859. The number of hydrogen-bond acceptors (Lipinski definition) is 6. The van der Waals surface area contributed by atoms with Crippen molar-refractivity contribution in [2.45, 2.75) is 12.2 Å². The third-order valence-corrected chi connectivity index (χ3v) is 1.51. The zero-order valence-corrected chi connectivity index (χ0v) is 6.30. The Morgan fingerprint density at radius 1 is 1.62 bits per heavy atom. The highest BCUT2D eigenvalue weighted by atomic mass is 17.1. The van der Waals surface area contributed by atoms with Crippen molar-refractivity contribution < 1.29 is 34.4 Å². The molecule has 0 aromatic rings. The number of aliphatic hydroxyl groups is 2. The fourth-order valence-corrected chi connectivity index (χ4v) is 0.859. The van der Waals surface area contributed by atoms with E-state index in [9.17, 15) is 14.8 Å². The Hall–Kier alpha value is -1.47. The highest BCUT2D eigenvalue weighted by Gasteiger charge is 2.54. The van der Waals surface area contributed by atoms with Crippen LogP contribution in [0.25, 0.3) is 0 Å². The fraction of sp³-hybridized carbons (Fsp3) is 0.500. The second kappa shape index (κ2) is 3.50. The van der Waals surface area contributed by atoms with Gasteiger partial charge < -0.3 is 15.5 Å². The summed E-state index contributed by atoms with van der Waals surface area (Å²) in [6, 6.07) is 0. The van der Waals surface area contributed by atoms with Crippen LogP contribution in [-0.4, -0.2) is 46.6 Å². The average Bonchev–Trinajstić information content (AvgIpc) is 2.43. The van der Waals surface area contributed by atoms with E-state index in [4.69, 9.17) is 10.2 Å². The molecule has 7 nitrogen and oxygen atoms in total. The molecule has 1 saturated heterocycles. The van der Waals surface area contributed by atoms with E-state index < -0.39 is 36.4 Å².